The highest BCUT2D eigenvalue weighted by molar-refractivity contribution is 5.78. The smallest absolute Gasteiger partial charge is 0.281 e. The molecule has 3 heterocycles. The van der Waals surface area contributed by atoms with Gasteiger partial charge in [-0.15, -0.1) is 5.10 Å². The van der Waals surface area contributed by atoms with E-state index in [1.54, 1.807) is 17.0 Å². The lowest BCUT2D eigenvalue weighted by Gasteiger charge is -2.32. The summed E-state index contributed by atoms with van der Waals surface area (Å²) in [5.74, 6) is 0.591. The number of benzene rings is 2. The van der Waals surface area contributed by atoms with Crippen molar-refractivity contribution in [1.29, 1.82) is 0 Å². The molecule has 1 aliphatic rings. The number of halogens is 1. The molecule has 1 aliphatic heterocycles. The van der Waals surface area contributed by atoms with E-state index in [4.69, 9.17) is 4.74 Å². The molecule has 0 radical (unpaired) electrons. The first-order valence-electron chi connectivity index (χ1n) is 11.5. The third kappa shape index (κ3) is 5.06. The first-order valence-corrected chi connectivity index (χ1v) is 11.5. The first kappa shape index (κ1) is 22.7. The summed E-state index contributed by atoms with van der Waals surface area (Å²) in [5, 5.41) is 8.04. The average molecular weight is 477 g/mol. The van der Waals surface area contributed by atoms with Crippen LogP contribution in [0, 0.1) is 12.7 Å². The topological polar surface area (TPSA) is 106 Å². The molecule has 1 fully saturated rings. The van der Waals surface area contributed by atoms with Gasteiger partial charge in [0, 0.05) is 19.0 Å². The molecule has 10 heteroatoms. The van der Waals surface area contributed by atoms with Crippen LogP contribution in [0.2, 0.25) is 0 Å². The number of aryl methyl sites for hydroxylation is 1. The van der Waals surface area contributed by atoms with E-state index in [2.05, 4.69) is 20.3 Å². The molecule has 0 aliphatic carbocycles. The van der Waals surface area contributed by atoms with Gasteiger partial charge in [-0.05, 0) is 49.6 Å². The van der Waals surface area contributed by atoms with Crippen LogP contribution in [0.5, 0.6) is 5.75 Å². The Morgan fingerprint density at radius 3 is 2.71 bits per heavy atom. The van der Waals surface area contributed by atoms with E-state index >= 15 is 0 Å². The summed E-state index contributed by atoms with van der Waals surface area (Å²) in [5.41, 5.74) is 2.06. The van der Waals surface area contributed by atoms with Gasteiger partial charge in [-0.3, -0.25) is 9.59 Å². The van der Waals surface area contributed by atoms with Crippen LogP contribution in [0.15, 0.2) is 53.3 Å². The zero-order valence-electron chi connectivity index (χ0n) is 19.3. The minimum absolute atomic E-state index is 0.0485. The number of piperidine rings is 1. The van der Waals surface area contributed by atoms with Crippen LogP contribution in [0.4, 0.5) is 4.39 Å². The molecule has 1 amide bonds. The fraction of sp³-hybridized carbons (Fsp3) is 0.320. The number of hydrogen-bond donors (Lipinski definition) is 1. The van der Waals surface area contributed by atoms with Gasteiger partial charge in [0.2, 0.25) is 0 Å². The summed E-state index contributed by atoms with van der Waals surface area (Å²) in [4.78, 5) is 34.7. The van der Waals surface area contributed by atoms with Crippen molar-refractivity contribution in [3.05, 3.63) is 81.7 Å². The minimum Gasteiger partial charge on any atom is -0.484 e. The molecule has 2 aromatic heterocycles. The van der Waals surface area contributed by atoms with Crippen LogP contribution in [0.1, 0.15) is 35.7 Å². The van der Waals surface area contributed by atoms with Crippen molar-refractivity contribution in [3.63, 3.8) is 0 Å². The molecule has 1 N–H and O–H groups in total. The van der Waals surface area contributed by atoms with Gasteiger partial charge in [-0.25, -0.2) is 14.1 Å². The summed E-state index contributed by atoms with van der Waals surface area (Å²) in [6.07, 6.45) is 1.58. The summed E-state index contributed by atoms with van der Waals surface area (Å²) < 4.78 is 20.4. The molecule has 1 saturated heterocycles. The van der Waals surface area contributed by atoms with Crippen molar-refractivity contribution in [3.8, 4) is 5.75 Å². The fourth-order valence-corrected chi connectivity index (χ4v) is 4.24. The summed E-state index contributed by atoms with van der Waals surface area (Å²) in [6.45, 7) is 3.31. The van der Waals surface area contributed by atoms with Crippen LogP contribution < -0.4 is 10.3 Å². The molecule has 180 valence electrons. The van der Waals surface area contributed by atoms with Crippen molar-refractivity contribution < 1.29 is 13.9 Å². The van der Waals surface area contributed by atoms with Gasteiger partial charge >= 0.3 is 0 Å². The van der Waals surface area contributed by atoms with E-state index in [9.17, 15) is 14.0 Å². The normalized spacial score (nSPS) is 15.9. The van der Waals surface area contributed by atoms with Gasteiger partial charge in [0.25, 0.3) is 11.5 Å². The van der Waals surface area contributed by atoms with Gasteiger partial charge in [-0.1, -0.05) is 35.0 Å². The fourth-order valence-electron chi connectivity index (χ4n) is 4.24. The number of aromatic nitrogens is 5. The molecule has 4 aromatic rings. The molecular formula is C25H25FN6O3. The highest BCUT2D eigenvalue weighted by Gasteiger charge is 2.27. The monoisotopic (exact) mass is 476 g/mol. The second kappa shape index (κ2) is 9.65. The third-order valence-electron chi connectivity index (χ3n) is 6.18. The predicted molar refractivity (Wildman–Crippen MR) is 127 cm³/mol. The maximum atomic E-state index is 13.2. The largest absolute Gasteiger partial charge is 0.484 e. The maximum absolute atomic E-state index is 13.2. The summed E-state index contributed by atoms with van der Waals surface area (Å²) in [6, 6.07) is 13.6. The van der Waals surface area contributed by atoms with Crippen molar-refractivity contribution in [1.82, 2.24) is 29.9 Å². The van der Waals surface area contributed by atoms with Crippen LogP contribution in [0.3, 0.4) is 0 Å². The summed E-state index contributed by atoms with van der Waals surface area (Å²) >= 11 is 0. The number of H-pyrrole nitrogens is 1. The minimum atomic E-state index is -0.374. The molecule has 0 saturated carbocycles. The second-order valence-electron chi connectivity index (χ2n) is 8.78. The van der Waals surface area contributed by atoms with E-state index in [0.717, 1.165) is 24.0 Å². The number of carbonyl (C=O) groups is 1. The van der Waals surface area contributed by atoms with Gasteiger partial charge < -0.3 is 14.6 Å². The number of aromatic amines is 1. The number of nitrogens with one attached hydrogen (secondary N) is 1. The van der Waals surface area contributed by atoms with Crippen LogP contribution in [-0.2, 0) is 11.3 Å². The van der Waals surface area contributed by atoms with E-state index in [0.29, 0.717) is 36.9 Å². The lowest BCUT2D eigenvalue weighted by Crippen LogP contribution is -2.42. The molecule has 35 heavy (non-hydrogen) atoms. The second-order valence-corrected chi connectivity index (χ2v) is 8.78. The Hall–Kier alpha value is -4.08. The predicted octanol–water partition coefficient (Wildman–Crippen LogP) is 2.80. The number of amides is 1. The zero-order valence-corrected chi connectivity index (χ0v) is 19.3. The van der Waals surface area contributed by atoms with Crippen molar-refractivity contribution in [2.75, 3.05) is 19.7 Å². The van der Waals surface area contributed by atoms with Gasteiger partial charge in [0.1, 0.15) is 17.4 Å². The lowest BCUT2D eigenvalue weighted by atomic mass is 9.97. The Bertz CT molecular complexity index is 1400. The first-order chi connectivity index (χ1) is 17.0. The van der Waals surface area contributed by atoms with Gasteiger partial charge in [0.05, 0.1) is 6.54 Å². The zero-order chi connectivity index (χ0) is 24.4. The van der Waals surface area contributed by atoms with E-state index in [-0.39, 0.29) is 35.3 Å². The Morgan fingerprint density at radius 1 is 1.17 bits per heavy atom. The standard InChI is InChI=1S/C25H25FN6O3/c1-16-4-10-20(11-5-16)35-15-21(33)31-12-2-3-18(14-31)23-27-24-22(25(34)28-23)29-30-32(24)13-17-6-8-19(26)9-7-17/h4-11,18H,2-3,12-15H2,1H3,(H,27,28,34)/t18-/m1/s1. The molecule has 2 aromatic carbocycles. The number of fused-ring (bicyclic) bond motifs is 1. The quantitative estimate of drug-likeness (QED) is 0.459. The van der Waals surface area contributed by atoms with Gasteiger partial charge in [-0.2, -0.15) is 0 Å². The number of ether oxygens (including phenoxy) is 1. The number of likely N-dealkylation sites (tertiary alicyclic amines) is 1. The van der Waals surface area contributed by atoms with Crippen LogP contribution >= 0.6 is 0 Å². The Kier molecular flexibility index (Phi) is 6.26. The number of nitrogens with zero attached hydrogens (tertiary/aromatic N) is 5. The Balaban J connectivity index is 1.31. The maximum Gasteiger partial charge on any atom is 0.281 e. The molecule has 0 spiro atoms. The molecule has 0 bridgehead atoms. The SMILES string of the molecule is Cc1ccc(OCC(=O)N2CCC[C@@H](c3nc4c(nnn4Cc4ccc(F)cc4)c(=O)[nH]3)C2)cc1. The van der Waals surface area contributed by atoms with E-state index in [1.807, 2.05) is 31.2 Å². The molecular weight excluding hydrogens is 451 g/mol. The molecule has 0 unspecified atom stereocenters. The van der Waals surface area contributed by atoms with Crippen LogP contribution in [0.25, 0.3) is 11.2 Å². The number of rotatable bonds is 6. The Morgan fingerprint density at radius 2 is 1.94 bits per heavy atom. The average Bonchev–Trinajstić information content (AvgIpc) is 3.28. The molecule has 1 atom stereocenters. The summed E-state index contributed by atoms with van der Waals surface area (Å²) in [7, 11) is 0. The molecule has 9 nitrogen and oxygen atoms in total. The van der Waals surface area contributed by atoms with E-state index in [1.165, 1.54) is 16.8 Å². The highest BCUT2D eigenvalue weighted by atomic mass is 19.1. The van der Waals surface area contributed by atoms with Crippen molar-refractivity contribution in [2.24, 2.45) is 0 Å². The van der Waals surface area contributed by atoms with Crippen LogP contribution in [-0.4, -0.2) is 55.5 Å². The van der Waals surface area contributed by atoms with Crippen molar-refractivity contribution in [2.45, 2.75) is 32.2 Å². The molecule has 5 rings (SSSR count). The van der Waals surface area contributed by atoms with Gasteiger partial charge in [0.15, 0.2) is 17.8 Å². The number of carbonyl (C=O) groups excluding carboxylic acids is 1. The van der Waals surface area contributed by atoms with E-state index < -0.39 is 0 Å². The Labute approximate surface area is 200 Å². The number of hydrogen-bond acceptors (Lipinski definition) is 6. The third-order valence-corrected chi connectivity index (χ3v) is 6.18. The van der Waals surface area contributed by atoms with Crippen molar-refractivity contribution >= 4 is 17.1 Å². The lowest BCUT2D eigenvalue weighted by molar-refractivity contribution is -0.134. The highest BCUT2D eigenvalue weighted by Crippen LogP contribution is 2.25.